The van der Waals surface area contributed by atoms with E-state index in [1.165, 1.54) is 19.3 Å². The van der Waals surface area contributed by atoms with Gasteiger partial charge in [0.2, 0.25) is 0 Å². The number of hydrogen-bond donors (Lipinski definition) is 1. The molecule has 1 N–H and O–H groups in total. The van der Waals surface area contributed by atoms with Gasteiger partial charge in [-0.3, -0.25) is 14.7 Å². The van der Waals surface area contributed by atoms with Gasteiger partial charge in [0.05, 0.1) is 13.3 Å². The second-order valence-corrected chi connectivity index (χ2v) is 7.64. The van der Waals surface area contributed by atoms with E-state index in [9.17, 15) is 4.79 Å². The number of carbonyl (C=O) groups is 1. The Hall–Kier alpha value is -2.40. The SMILES string of the molecule is CCN(C)C1(CNC(=O)c2ccc(-c3ccncc3OC)cc2)CCCCC1. The number of carbonyl (C=O) groups excluding carboxylic acids is 1. The number of benzene rings is 1. The van der Waals surface area contributed by atoms with E-state index in [1.54, 1.807) is 19.5 Å². The third-order valence-electron chi connectivity index (χ3n) is 6.11. The largest absolute Gasteiger partial charge is 0.494 e. The van der Waals surface area contributed by atoms with Gasteiger partial charge in [0.25, 0.3) is 5.91 Å². The fourth-order valence-corrected chi connectivity index (χ4v) is 4.17. The molecular formula is C23H31N3O2. The zero-order valence-electron chi connectivity index (χ0n) is 17.2. The highest BCUT2D eigenvalue weighted by molar-refractivity contribution is 5.94. The lowest BCUT2D eigenvalue weighted by molar-refractivity contribution is 0.0699. The van der Waals surface area contributed by atoms with E-state index in [-0.39, 0.29) is 11.4 Å². The smallest absolute Gasteiger partial charge is 0.251 e. The Bertz CT molecular complexity index is 783. The van der Waals surface area contributed by atoms with Crippen molar-refractivity contribution in [2.75, 3.05) is 27.2 Å². The van der Waals surface area contributed by atoms with E-state index in [1.807, 2.05) is 30.3 Å². The molecule has 2 aromatic rings. The summed E-state index contributed by atoms with van der Waals surface area (Å²) < 4.78 is 5.38. The normalized spacial score (nSPS) is 16.0. The van der Waals surface area contributed by atoms with Gasteiger partial charge in [-0.15, -0.1) is 0 Å². The summed E-state index contributed by atoms with van der Waals surface area (Å²) in [5, 5.41) is 3.19. The zero-order chi connectivity index (χ0) is 20.0. The molecule has 1 fully saturated rings. The molecule has 1 aromatic heterocycles. The van der Waals surface area contributed by atoms with Gasteiger partial charge in [0.15, 0.2) is 0 Å². The summed E-state index contributed by atoms with van der Waals surface area (Å²) in [6, 6.07) is 9.59. The average molecular weight is 382 g/mol. The summed E-state index contributed by atoms with van der Waals surface area (Å²) >= 11 is 0. The van der Waals surface area contributed by atoms with Crippen molar-refractivity contribution in [3.8, 4) is 16.9 Å². The van der Waals surface area contributed by atoms with E-state index >= 15 is 0 Å². The highest BCUT2D eigenvalue weighted by Crippen LogP contribution is 2.32. The lowest BCUT2D eigenvalue weighted by atomic mass is 9.80. The summed E-state index contributed by atoms with van der Waals surface area (Å²) in [5.74, 6) is 0.712. The first kappa shape index (κ1) is 20.3. The molecule has 150 valence electrons. The molecule has 0 atom stereocenters. The van der Waals surface area contributed by atoms with Crippen LogP contribution in [0.5, 0.6) is 5.75 Å². The molecule has 5 heteroatoms. The molecule has 1 aromatic carbocycles. The van der Waals surface area contributed by atoms with Crippen LogP contribution in [-0.4, -0.2) is 48.6 Å². The Kier molecular flexibility index (Phi) is 6.68. The molecule has 0 saturated heterocycles. The lowest BCUT2D eigenvalue weighted by Gasteiger charge is -2.44. The topological polar surface area (TPSA) is 54.5 Å². The molecule has 0 radical (unpaired) electrons. The molecule has 0 bridgehead atoms. The van der Waals surface area contributed by atoms with Crippen LogP contribution in [0.3, 0.4) is 0 Å². The predicted molar refractivity (Wildman–Crippen MR) is 113 cm³/mol. The number of methoxy groups -OCH3 is 1. The number of likely N-dealkylation sites (N-methyl/N-ethyl adjacent to an activating group) is 1. The van der Waals surface area contributed by atoms with Crippen molar-refractivity contribution in [2.24, 2.45) is 0 Å². The quantitative estimate of drug-likeness (QED) is 0.783. The monoisotopic (exact) mass is 381 g/mol. The van der Waals surface area contributed by atoms with Crippen molar-refractivity contribution in [1.29, 1.82) is 0 Å². The Morgan fingerprint density at radius 1 is 1.18 bits per heavy atom. The van der Waals surface area contributed by atoms with Crippen molar-refractivity contribution >= 4 is 5.91 Å². The maximum atomic E-state index is 12.7. The standard InChI is InChI=1S/C23H31N3O2/c1-4-26(2)23(13-6-5-7-14-23)17-25-22(27)19-10-8-18(9-11-19)20-12-15-24-16-21(20)28-3/h8-12,15-16H,4-7,13-14,17H2,1-3H3,(H,25,27). The van der Waals surface area contributed by atoms with Crippen LogP contribution in [-0.2, 0) is 0 Å². The molecule has 28 heavy (non-hydrogen) atoms. The Morgan fingerprint density at radius 2 is 1.89 bits per heavy atom. The number of ether oxygens (including phenoxy) is 1. The fraction of sp³-hybridized carbons (Fsp3) is 0.478. The van der Waals surface area contributed by atoms with Gasteiger partial charge in [-0.05, 0) is 50.2 Å². The van der Waals surface area contributed by atoms with Crippen LogP contribution in [0.25, 0.3) is 11.1 Å². The van der Waals surface area contributed by atoms with Crippen LogP contribution in [0.4, 0.5) is 0 Å². The van der Waals surface area contributed by atoms with Crippen molar-refractivity contribution in [3.05, 3.63) is 48.3 Å². The first-order valence-corrected chi connectivity index (χ1v) is 10.2. The predicted octanol–water partition coefficient (Wildman–Crippen LogP) is 4.14. The van der Waals surface area contributed by atoms with Crippen molar-refractivity contribution in [1.82, 2.24) is 15.2 Å². The highest BCUT2D eigenvalue weighted by atomic mass is 16.5. The molecule has 1 aliphatic rings. The summed E-state index contributed by atoms with van der Waals surface area (Å²) in [4.78, 5) is 19.2. The third-order valence-corrected chi connectivity index (χ3v) is 6.11. The molecule has 0 aliphatic heterocycles. The molecular weight excluding hydrogens is 350 g/mol. The van der Waals surface area contributed by atoms with Gasteiger partial charge in [-0.1, -0.05) is 38.3 Å². The highest BCUT2D eigenvalue weighted by Gasteiger charge is 2.35. The van der Waals surface area contributed by atoms with Gasteiger partial charge in [-0.25, -0.2) is 0 Å². The van der Waals surface area contributed by atoms with Crippen LogP contribution in [0.15, 0.2) is 42.7 Å². The summed E-state index contributed by atoms with van der Waals surface area (Å²) in [5.41, 5.74) is 2.75. The number of rotatable bonds is 7. The minimum absolute atomic E-state index is 0.0114. The van der Waals surface area contributed by atoms with E-state index < -0.39 is 0 Å². The minimum atomic E-state index is -0.0114. The summed E-state index contributed by atoms with van der Waals surface area (Å²) in [7, 11) is 3.81. The zero-order valence-corrected chi connectivity index (χ0v) is 17.2. The maximum Gasteiger partial charge on any atom is 0.251 e. The van der Waals surface area contributed by atoms with E-state index in [4.69, 9.17) is 4.74 Å². The molecule has 1 heterocycles. The van der Waals surface area contributed by atoms with Crippen molar-refractivity contribution in [3.63, 3.8) is 0 Å². The molecule has 0 spiro atoms. The van der Waals surface area contributed by atoms with Gasteiger partial charge in [0.1, 0.15) is 5.75 Å². The second-order valence-electron chi connectivity index (χ2n) is 7.64. The molecule has 0 unspecified atom stereocenters. The van der Waals surface area contributed by atoms with Crippen LogP contribution >= 0.6 is 0 Å². The lowest BCUT2D eigenvalue weighted by Crippen LogP contribution is -2.55. The van der Waals surface area contributed by atoms with Gasteiger partial charge >= 0.3 is 0 Å². The van der Waals surface area contributed by atoms with Gasteiger partial charge in [0, 0.05) is 29.4 Å². The molecule has 5 nitrogen and oxygen atoms in total. The number of nitrogens with one attached hydrogen (secondary N) is 1. The number of pyridine rings is 1. The third kappa shape index (κ3) is 4.36. The van der Waals surface area contributed by atoms with Crippen molar-refractivity contribution in [2.45, 2.75) is 44.6 Å². The maximum absolute atomic E-state index is 12.7. The molecule has 1 aliphatic carbocycles. The fourth-order valence-electron chi connectivity index (χ4n) is 4.17. The van der Waals surface area contributed by atoms with Crippen LogP contribution in [0.2, 0.25) is 0 Å². The first-order valence-electron chi connectivity index (χ1n) is 10.2. The van der Waals surface area contributed by atoms with Crippen LogP contribution < -0.4 is 10.1 Å². The number of amides is 1. The van der Waals surface area contributed by atoms with Gasteiger partial charge < -0.3 is 10.1 Å². The first-order chi connectivity index (χ1) is 13.6. The van der Waals surface area contributed by atoms with E-state index in [0.29, 0.717) is 12.1 Å². The second kappa shape index (κ2) is 9.20. The number of hydrogen-bond acceptors (Lipinski definition) is 4. The Labute approximate surface area is 168 Å². The van der Waals surface area contributed by atoms with Crippen molar-refractivity contribution < 1.29 is 9.53 Å². The minimum Gasteiger partial charge on any atom is -0.494 e. The number of nitrogens with zero attached hydrogens (tertiary/aromatic N) is 2. The molecule has 3 rings (SSSR count). The summed E-state index contributed by atoms with van der Waals surface area (Å²) in [6.07, 6.45) is 9.52. The summed E-state index contributed by atoms with van der Waals surface area (Å²) in [6.45, 7) is 3.89. The van der Waals surface area contributed by atoms with Gasteiger partial charge in [-0.2, -0.15) is 0 Å². The average Bonchev–Trinajstić information content (AvgIpc) is 2.77. The Balaban J connectivity index is 1.69. The van der Waals surface area contributed by atoms with Crippen LogP contribution in [0.1, 0.15) is 49.4 Å². The number of aromatic nitrogens is 1. The molecule has 1 saturated carbocycles. The van der Waals surface area contributed by atoms with Crippen LogP contribution in [0, 0.1) is 0 Å². The Morgan fingerprint density at radius 3 is 2.54 bits per heavy atom. The molecule has 1 amide bonds. The van der Waals surface area contributed by atoms with E-state index in [0.717, 1.165) is 36.3 Å². The van der Waals surface area contributed by atoms with E-state index in [2.05, 4.69) is 29.2 Å².